The fourth-order valence-electron chi connectivity index (χ4n) is 2.58. The smallest absolute Gasteiger partial charge is 0.167 e. The lowest BCUT2D eigenvalue weighted by molar-refractivity contribution is 0.525. The van der Waals surface area contributed by atoms with Gasteiger partial charge in [-0.2, -0.15) is 0 Å². The Bertz CT molecular complexity index is 854. The Balaban J connectivity index is 2.19. The van der Waals surface area contributed by atoms with Crippen molar-refractivity contribution in [1.29, 1.82) is 0 Å². The second-order valence-corrected chi connectivity index (χ2v) is 7.93. The van der Waals surface area contributed by atoms with Gasteiger partial charge in [-0.3, -0.25) is 0 Å². The molecule has 3 rings (SSSR count). The molecule has 0 atom stereocenters. The number of rotatable bonds is 4. The highest BCUT2D eigenvalue weighted by Gasteiger charge is 2.21. The summed E-state index contributed by atoms with van der Waals surface area (Å²) in [5.74, 6) is 0.210. The van der Waals surface area contributed by atoms with E-state index in [0.29, 0.717) is 38.3 Å². The molecule has 25 heavy (non-hydrogen) atoms. The molecule has 0 saturated carbocycles. The van der Waals surface area contributed by atoms with E-state index in [1.807, 2.05) is 13.8 Å². The maximum absolute atomic E-state index is 14.4. The summed E-state index contributed by atoms with van der Waals surface area (Å²) in [4.78, 5) is 0. The lowest BCUT2D eigenvalue weighted by Gasteiger charge is -2.14. The minimum Gasteiger partial charge on any atom is -0.307 e. The van der Waals surface area contributed by atoms with E-state index in [4.69, 9.17) is 0 Å². The zero-order chi connectivity index (χ0) is 18.1. The van der Waals surface area contributed by atoms with Crippen molar-refractivity contribution in [1.82, 2.24) is 14.8 Å². The van der Waals surface area contributed by atoms with Crippen LogP contribution in [0.5, 0.6) is 0 Å². The van der Waals surface area contributed by atoms with Crippen LogP contribution >= 0.6 is 31.9 Å². The fraction of sp³-hybridized carbons (Fsp3) is 0.222. The molecule has 1 heterocycles. The van der Waals surface area contributed by atoms with Gasteiger partial charge in [0.2, 0.25) is 0 Å². The van der Waals surface area contributed by atoms with Crippen molar-refractivity contribution in [2.75, 3.05) is 0 Å². The first-order valence-electron chi connectivity index (χ1n) is 7.71. The van der Waals surface area contributed by atoms with Crippen molar-refractivity contribution in [2.45, 2.75) is 20.4 Å². The van der Waals surface area contributed by atoms with Gasteiger partial charge >= 0.3 is 0 Å². The molecule has 130 valence electrons. The Morgan fingerprint density at radius 1 is 0.880 bits per heavy atom. The summed E-state index contributed by atoms with van der Waals surface area (Å²) in [6.45, 7) is 4.61. The summed E-state index contributed by atoms with van der Waals surface area (Å²) in [5, 5.41) is 8.30. The molecule has 2 aromatic carbocycles. The first-order chi connectivity index (χ1) is 11.9. The lowest BCUT2D eigenvalue weighted by Crippen LogP contribution is -2.09. The molecule has 0 spiro atoms. The van der Waals surface area contributed by atoms with Gasteiger partial charge in [-0.05, 0) is 42.3 Å². The molecule has 0 aliphatic rings. The molecule has 3 aromatic rings. The van der Waals surface area contributed by atoms with E-state index in [2.05, 4.69) is 42.1 Å². The maximum Gasteiger partial charge on any atom is 0.167 e. The molecule has 0 N–H and O–H groups in total. The van der Waals surface area contributed by atoms with Crippen molar-refractivity contribution in [3.63, 3.8) is 0 Å². The van der Waals surface area contributed by atoms with Crippen LogP contribution in [0.4, 0.5) is 8.78 Å². The molecule has 3 nitrogen and oxygen atoms in total. The zero-order valence-electron chi connectivity index (χ0n) is 13.6. The SMILES string of the molecule is CC(C)Cn1c(-c2ccc(Br)cc2F)nnc1-c1ccc(Br)cc1F. The van der Waals surface area contributed by atoms with Crippen LogP contribution in [0.3, 0.4) is 0 Å². The van der Waals surface area contributed by atoms with Gasteiger partial charge in [0.15, 0.2) is 11.6 Å². The van der Waals surface area contributed by atoms with E-state index in [-0.39, 0.29) is 5.92 Å². The second kappa shape index (κ2) is 7.33. The van der Waals surface area contributed by atoms with Crippen LogP contribution in [0.2, 0.25) is 0 Å². The van der Waals surface area contributed by atoms with Gasteiger partial charge in [-0.15, -0.1) is 10.2 Å². The average molecular weight is 471 g/mol. The third-order valence-electron chi connectivity index (χ3n) is 3.64. The topological polar surface area (TPSA) is 30.7 Å². The molecule has 7 heteroatoms. The average Bonchev–Trinajstić information content (AvgIpc) is 2.90. The van der Waals surface area contributed by atoms with E-state index >= 15 is 0 Å². The number of aromatic nitrogens is 3. The largest absolute Gasteiger partial charge is 0.307 e. The highest BCUT2D eigenvalue weighted by Crippen LogP contribution is 2.30. The third-order valence-corrected chi connectivity index (χ3v) is 4.63. The van der Waals surface area contributed by atoms with Crippen molar-refractivity contribution >= 4 is 31.9 Å². The molecule has 0 aliphatic carbocycles. The van der Waals surface area contributed by atoms with Gasteiger partial charge in [-0.25, -0.2) is 8.78 Å². The van der Waals surface area contributed by atoms with Gasteiger partial charge in [0.1, 0.15) is 11.6 Å². The van der Waals surface area contributed by atoms with Crippen LogP contribution in [0, 0.1) is 17.6 Å². The first-order valence-corrected chi connectivity index (χ1v) is 9.29. The molecule has 0 aliphatic heterocycles. The van der Waals surface area contributed by atoms with Crippen molar-refractivity contribution in [2.24, 2.45) is 5.92 Å². The summed E-state index contributed by atoms with van der Waals surface area (Å²) in [6, 6.07) is 9.52. The number of halogens is 4. The quantitative estimate of drug-likeness (QED) is 0.463. The predicted molar refractivity (Wildman–Crippen MR) is 101 cm³/mol. The molecule has 1 aromatic heterocycles. The zero-order valence-corrected chi connectivity index (χ0v) is 16.8. The van der Waals surface area contributed by atoms with Gasteiger partial charge in [0.05, 0.1) is 11.1 Å². The standard InChI is InChI=1S/C18H15Br2F2N3/c1-10(2)9-25-17(13-5-3-11(19)7-15(13)21)23-24-18(25)14-6-4-12(20)8-16(14)22/h3-8,10H,9H2,1-2H3. The number of benzene rings is 2. The predicted octanol–water partition coefficient (Wildman–Crippen LogP) is 6.07. The van der Waals surface area contributed by atoms with Crippen molar-refractivity contribution in [3.05, 3.63) is 57.0 Å². The van der Waals surface area contributed by atoms with Crippen molar-refractivity contribution in [3.8, 4) is 22.8 Å². The summed E-state index contributed by atoms with van der Waals surface area (Å²) in [5.41, 5.74) is 0.667. The van der Waals surface area contributed by atoms with Crippen molar-refractivity contribution < 1.29 is 8.78 Å². The van der Waals surface area contributed by atoms with Gasteiger partial charge in [-0.1, -0.05) is 45.7 Å². The lowest BCUT2D eigenvalue weighted by atomic mass is 10.1. The Labute approximate surface area is 161 Å². The van der Waals surface area contributed by atoms with Crippen LogP contribution in [-0.4, -0.2) is 14.8 Å². The Morgan fingerprint density at radius 3 is 1.68 bits per heavy atom. The third kappa shape index (κ3) is 3.82. The van der Waals surface area contributed by atoms with Crippen LogP contribution in [0.1, 0.15) is 13.8 Å². The Kier molecular flexibility index (Phi) is 5.34. The minimum atomic E-state index is -0.408. The van der Waals surface area contributed by atoms with Crippen LogP contribution in [0.15, 0.2) is 45.3 Å². The van der Waals surface area contributed by atoms with E-state index < -0.39 is 11.6 Å². The maximum atomic E-state index is 14.4. The van der Waals surface area contributed by atoms with Crippen LogP contribution in [-0.2, 0) is 6.54 Å². The highest BCUT2D eigenvalue weighted by molar-refractivity contribution is 9.10. The number of hydrogen-bond acceptors (Lipinski definition) is 2. The molecule has 0 saturated heterocycles. The Morgan fingerprint density at radius 2 is 1.32 bits per heavy atom. The van der Waals surface area contributed by atoms with Gasteiger partial charge < -0.3 is 4.57 Å². The molecular formula is C18H15Br2F2N3. The summed E-state index contributed by atoms with van der Waals surface area (Å²) < 4.78 is 31.9. The molecular weight excluding hydrogens is 456 g/mol. The summed E-state index contributed by atoms with van der Waals surface area (Å²) >= 11 is 6.50. The molecule has 0 radical (unpaired) electrons. The molecule has 0 unspecified atom stereocenters. The monoisotopic (exact) mass is 469 g/mol. The van der Waals surface area contributed by atoms with Crippen LogP contribution < -0.4 is 0 Å². The fourth-order valence-corrected chi connectivity index (χ4v) is 3.25. The summed E-state index contributed by atoms with van der Waals surface area (Å²) in [6.07, 6.45) is 0. The molecule has 0 bridgehead atoms. The van der Waals surface area contributed by atoms with Gasteiger partial charge in [0.25, 0.3) is 0 Å². The number of nitrogens with zero attached hydrogens (tertiary/aromatic N) is 3. The normalized spacial score (nSPS) is 11.3. The first kappa shape index (κ1) is 18.2. The molecule has 0 amide bonds. The van der Waals surface area contributed by atoms with Crippen LogP contribution in [0.25, 0.3) is 22.8 Å². The number of hydrogen-bond donors (Lipinski definition) is 0. The van der Waals surface area contributed by atoms with E-state index in [1.165, 1.54) is 12.1 Å². The van der Waals surface area contributed by atoms with E-state index in [0.717, 1.165) is 0 Å². The minimum absolute atomic E-state index is 0.255. The van der Waals surface area contributed by atoms with E-state index in [1.54, 1.807) is 28.8 Å². The highest BCUT2D eigenvalue weighted by atomic mass is 79.9. The Hall–Kier alpha value is -1.60. The second-order valence-electron chi connectivity index (χ2n) is 6.10. The van der Waals surface area contributed by atoms with Gasteiger partial charge in [0, 0.05) is 15.5 Å². The summed E-state index contributed by atoms with van der Waals surface area (Å²) in [7, 11) is 0. The molecule has 0 fully saturated rings. The van der Waals surface area contributed by atoms with E-state index in [9.17, 15) is 8.78 Å².